The first kappa shape index (κ1) is 16.5. The van der Waals surface area contributed by atoms with Gasteiger partial charge in [0, 0.05) is 45.0 Å². The van der Waals surface area contributed by atoms with E-state index in [2.05, 4.69) is 12.2 Å². The Morgan fingerprint density at radius 3 is 2.79 bits per heavy atom. The molecule has 0 spiro atoms. The minimum Gasteiger partial charge on any atom is -0.389 e. The van der Waals surface area contributed by atoms with Crippen LogP contribution in [0.2, 0.25) is 0 Å². The van der Waals surface area contributed by atoms with Crippen LogP contribution in [0.3, 0.4) is 0 Å². The zero-order chi connectivity index (χ0) is 14.4. The van der Waals surface area contributed by atoms with Crippen molar-refractivity contribution in [3.63, 3.8) is 0 Å². The highest BCUT2D eigenvalue weighted by atomic mass is 32.2. The van der Waals surface area contributed by atoms with Gasteiger partial charge in [0.05, 0.1) is 0 Å². The number of nitrogens with two attached hydrogens (primary N) is 1. The molecule has 6 heteroatoms. The van der Waals surface area contributed by atoms with Crippen LogP contribution in [0.4, 0.5) is 5.69 Å². The third kappa shape index (κ3) is 4.78. The molecule has 0 heterocycles. The predicted octanol–water partition coefficient (Wildman–Crippen LogP) is 2.61. The van der Waals surface area contributed by atoms with Crippen LogP contribution in [0.1, 0.15) is 19.4 Å². The van der Waals surface area contributed by atoms with Gasteiger partial charge < -0.3 is 11.1 Å². The Morgan fingerprint density at radius 1 is 1.58 bits per heavy atom. The van der Waals surface area contributed by atoms with Crippen LogP contribution in [-0.2, 0) is 10.8 Å². The number of rotatable bonds is 7. The monoisotopic (exact) mass is 316 g/mol. The Balaban J connectivity index is 2.96. The summed E-state index contributed by atoms with van der Waals surface area (Å²) in [7, 11) is -0.842. The molecular weight excluding hydrogens is 296 g/mol. The first-order valence-corrected chi connectivity index (χ1v) is 9.10. The van der Waals surface area contributed by atoms with Crippen molar-refractivity contribution in [2.24, 2.45) is 5.73 Å². The summed E-state index contributed by atoms with van der Waals surface area (Å²) >= 11 is 6.86. The van der Waals surface area contributed by atoms with Gasteiger partial charge >= 0.3 is 0 Å². The number of hydrogen-bond acceptors (Lipinski definition) is 4. The molecule has 0 radical (unpaired) electrons. The normalized spacial score (nSPS) is 13.8. The van der Waals surface area contributed by atoms with E-state index in [0.29, 0.717) is 11.5 Å². The second-order valence-electron chi connectivity index (χ2n) is 4.17. The van der Waals surface area contributed by atoms with Gasteiger partial charge in [-0.25, -0.2) is 0 Å². The molecule has 0 saturated carbocycles. The van der Waals surface area contributed by atoms with Crippen molar-refractivity contribution >= 4 is 45.5 Å². The molecule has 3 N–H and O–H groups in total. The number of thioether (sulfide) groups is 1. The lowest BCUT2D eigenvalue weighted by Crippen LogP contribution is -2.22. The molecule has 0 bridgehead atoms. The quantitative estimate of drug-likeness (QED) is 0.598. The fourth-order valence-corrected chi connectivity index (χ4v) is 3.03. The van der Waals surface area contributed by atoms with Crippen LogP contribution in [0.25, 0.3) is 0 Å². The number of thiocarbonyl (C=S) groups is 1. The van der Waals surface area contributed by atoms with Crippen LogP contribution in [0, 0.1) is 0 Å². The molecule has 106 valence electrons. The minimum absolute atomic E-state index is 0.0849. The summed E-state index contributed by atoms with van der Waals surface area (Å²) in [6.45, 7) is 4.68. The van der Waals surface area contributed by atoms with Crippen molar-refractivity contribution < 1.29 is 4.21 Å². The molecule has 19 heavy (non-hydrogen) atoms. The number of benzene rings is 1. The van der Waals surface area contributed by atoms with E-state index in [9.17, 15) is 4.21 Å². The highest BCUT2D eigenvalue weighted by molar-refractivity contribution is 7.99. The number of anilines is 1. The lowest BCUT2D eigenvalue weighted by atomic mass is 10.1. The van der Waals surface area contributed by atoms with E-state index in [1.165, 1.54) is 0 Å². The second-order valence-corrected chi connectivity index (χ2v) is 7.71. The van der Waals surface area contributed by atoms with Crippen LogP contribution >= 0.6 is 24.0 Å². The fourth-order valence-electron chi connectivity index (χ4n) is 1.58. The van der Waals surface area contributed by atoms with E-state index in [0.717, 1.165) is 21.9 Å². The average Bonchev–Trinajstić information content (AvgIpc) is 2.35. The van der Waals surface area contributed by atoms with Crippen molar-refractivity contribution in [1.82, 2.24) is 0 Å². The second kappa shape index (κ2) is 7.87. The van der Waals surface area contributed by atoms with Gasteiger partial charge in [0.2, 0.25) is 0 Å². The van der Waals surface area contributed by atoms with Crippen molar-refractivity contribution in [1.29, 1.82) is 0 Å². The largest absolute Gasteiger partial charge is 0.389 e. The van der Waals surface area contributed by atoms with Crippen LogP contribution in [0.5, 0.6) is 0 Å². The molecular formula is C13H20N2OS3. The van der Waals surface area contributed by atoms with E-state index in [-0.39, 0.29) is 5.25 Å². The maximum absolute atomic E-state index is 11.4. The third-order valence-electron chi connectivity index (χ3n) is 2.72. The predicted molar refractivity (Wildman–Crippen MR) is 90.7 cm³/mol. The van der Waals surface area contributed by atoms with Gasteiger partial charge in [0.1, 0.15) is 4.99 Å². The van der Waals surface area contributed by atoms with Gasteiger partial charge in [-0.05, 0) is 24.8 Å². The lowest BCUT2D eigenvalue weighted by Gasteiger charge is -2.16. The molecule has 3 nitrogen and oxygen atoms in total. The van der Waals surface area contributed by atoms with Crippen LogP contribution in [0.15, 0.2) is 23.1 Å². The van der Waals surface area contributed by atoms with Gasteiger partial charge in [-0.3, -0.25) is 4.21 Å². The number of hydrogen-bond donors (Lipinski definition) is 2. The molecule has 0 aliphatic carbocycles. The highest BCUT2D eigenvalue weighted by Gasteiger charge is 2.12. The Kier molecular flexibility index (Phi) is 6.82. The van der Waals surface area contributed by atoms with E-state index >= 15 is 0 Å². The Hall–Kier alpha value is -0.590. The summed E-state index contributed by atoms with van der Waals surface area (Å²) in [4.78, 5) is 1.48. The van der Waals surface area contributed by atoms with E-state index in [4.69, 9.17) is 18.0 Å². The topological polar surface area (TPSA) is 55.1 Å². The zero-order valence-electron chi connectivity index (χ0n) is 11.4. The van der Waals surface area contributed by atoms with Crippen LogP contribution < -0.4 is 11.1 Å². The van der Waals surface area contributed by atoms with E-state index in [1.807, 2.05) is 25.1 Å². The molecule has 0 aliphatic heterocycles. The zero-order valence-corrected chi connectivity index (χ0v) is 13.9. The lowest BCUT2D eigenvalue weighted by molar-refractivity contribution is 0.679. The minimum atomic E-state index is -0.842. The SMILES string of the molecule is CCSc1cccc(NCC(C)S(C)=O)c1C(N)=S. The van der Waals surface area contributed by atoms with Crippen molar-refractivity contribution in [2.75, 3.05) is 23.9 Å². The fraction of sp³-hybridized carbons (Fsp3) is 0.462. The molecule has 2 atom stereocenters. The number of nitrogens with one attached hydrogen (secondary N) is 1. The molecule has 1 aromatic carbocycles. The molecule has 0 amide bonds. The van der Waals surface area contributed by atoms with Gasteiger partial charge in [-0.1, -0.05) is 25.2 Å². The summed E-state index contributed by atoms with van der Waals surface area (Å²) in [5.41, 5.74) is 7.64. The van der Waals surface area contributed by atoms with Gasteiger partial charge in [-0.15, -0.1) is 11.8 Å². The maximum atomic E-state index is 11.4. The Morgan fingerprint density at radius 2 is 2.26 bits per heavy atom. The van der Waals surface area contributed by atoms with E-state index < -0.39 is 10.8 Å². The van der Waals surface area contributed by atoms with Crippen molar-refractivity contribution in [3.8, 4) is 0 Å². The summed E-state index contributed by atoms with van der Waals surface area (Å²) in [5, 5.41) is 3.39. The molecule has 1 rings (SSSR count). The first-order chi connectivity index (χ1) is 8.97. The third-order valence-corrected chi connectivity index (χ3v) is 5.16. The van der Waals surface area contributed by atoms with Gasteiger partial charge in [0.15, 0.2) is 0 Å². The van der Waals surface area contributed by atoms with Gasteiger partial charge in [-0.2, -0.15) is 0 Å². The smallest absolute Gasteiger partial charge is 0.107 e. The molecule has 2 unspecified atom stereocenters. The standard InChI is InChI=1S/C13H20N2OS3/c1-4-18-11-7-5-6-10(12(11)13(14)17)15-8-9(2)19(3)16/h5-7,9,15H,4,8H2,1-3H3,(H2,14,17). The Labute approximate surface area is 127 Å². The van der Waals surface area contributed by atoms with Crippen molar-refractivity contribution in [3.05, 3.63) is 23.8 Å². The highest BCUT2D eigenvalue weighted by Crippen LogP contribution is 2.28. The Bertz CT molecular complexity index is 477. The molecule has 0 aromatic heterocycles. The first-order valence-electron chi connectivity index (χ1n) is 6.09. The summed E-state index contributed by atoms with van der Waals surface area (Å²) < 4.78 is 11.4. The molecule has 0 saturated heterocycles. The summed E-state index contributed by atoms with van der Waals surface area (Å²) in [6, 6.07) is 5.96. The van der Waals surface area contributed by atoms with Crippen molar-refractivity contribution in [2.45, 2.75) is 24.0 Å². The van der Waals surface area contributed by atoms with Gasteiger partial charge in [0.25, 0.3) is 0 Å². The summed E-state index contributed by atoms with van der Waals surface area (Å²) in [6.07, 6.45) is 1.71. The molecule has 1 aromatic rings. The van der Waals surface area contributed by atoms with E-state index in [1.54, 1.807) is 18.0 Å². The molecule has 0 fully saturated rings. The molecule has 0 aliphatic rings. The maximum Gasteiger partial charge on any atom is 0.107 e. The van der Waals surface area contributed by atoms with Crippen LogP contribution in [-0.4, -0.2) is 33.0 Å². The summed E-state index contributed by atoms with van der Waals surface area (Å²) in [5.74, 6) is 0.967. The average molecular weight is 317 g/mol.